The maximum atomic E-state index is 9.26. The van der Waals surface area contributed by atoms with Crippen molar-refractivity contribution < 1.29 is 9.60 Å². The first-order valence-corrected chi connectivity index (χ1v) is 14.8. The second kappa shape index (κ2) is 10.3. The van der Waals surface area contributed by atoms with Crippen LogP contribution in [0, 0.1) is 0 Å². The molecule has 0 amide bonds. The standard InChI is InChI=1S/C43H28N2/c1-2-16-30(17-3-1)43-44-38-26-11-13-28-40(38)45(43)39-27-12-10-24-37(39)42-35-22-8-6-20-33(35)41(34-21-7-9-23-36(34)42)32-25-14-18-29-15-4-5-19-31(29)32/h1-28H/i4D,5D,14D,15D,18D,19D,25D. The molecule has 0 unspecified atom stereocenters. The summed E-state index contributed by atoms with van der Waals surface area (Å²) in [5.41, 5.74) is 6.40. The number of rotatable bonds is 4. The molecular formula is C43H28N2. The summed E-state index contributed by atoms with van der Waals surface area (Å²) in [6.07, 6.45) is 0. The Morgan fingerprint density at radius 1 is 0.467 bits per heavy atom. The Kier molecular flexibility index (Phi) is 4.43. The van der Waals surface area contributed by atoms with Crippen LogP contribution < -0.4 is 0 Å². The van der Waals surface area contributed by atoms with E-state index in [1.54, 1.807) is 0 Å². The monoisotopic (exact) mass is 579 g/mol. The Morgan fingerprint density at radius 3 is 1.80 bits per heavy atom. The highest BCUT2D eigenvalue weighted by Crippen LogP contribution is 2.47. The van der Waals surface area contributed by atoms with Gasteiger partial charge < -0.3 is 0 Å². The number of para-hydroxylation sites is 3. The summed E-state index contributed by atoms with van der Waals surface area (Å²) in [7, 11) is 0. The van der Waals surface area contributed by atoms with Crippen molar-refractivity contribution in [3.63, 3.8) is 0 Å². The summed E-state index contributed by atoms with van der Waals surface area (Å²) < 4.78 is 63.7. The molecular weight excluding hydrogens is 544 g/mol. The van der Waals surface area contributed by atoms with Gasteiger partial charge in [0.15, 0.2) is 0 Å². The van der Waals surface area contributed by atoms with Crippen molar-refractivity contribution in [3.05, 3.63) is 170 Å². The third kappa shape index (κ3) is 4.00. The number of imidazole rings is 1. The van der Waals surface area contributed by atoms with Gasteiger partial charge in [-0.1, -0.05) is 151 Å². The van der Waals surface area contributed by atoms with Gasteiger partial charge in [0.25, 0.3) is 0 Å². The Morgan fingerprint density at radius 2 is 1.04 bits per heavy atom. The minimum Gasteiger partial charge on any atom is -0.292 e. The normalized spacial score (nSPS) is 13.7. The van der Waals surface area contributed by atoms with Crippen LogP contribution in [0.5, 0.6) is 0 Å². The average Bonchev–Trinajstić information content (AvgIpc) is 3.57. The van der Waals surface area contributed by atoms with Gasteiger partial charge in [0, 0.05) is 11.1 Å². The quantitative estimate of drug-likeness (QED) is 0.190. The first-order valence-electron chi connectivity index (χ1n) is 18.3. The maximum absolute atomic E-state index is 9.26. The van der Waals surface area contributed by atoms with Gasteiger partial charge in [-0.15, -0.1) is 0 Å². The number of hydrogen-bond donors (Lipinski definition) is 0. The van der Waals surface area contributed by atoms with E-state index >= 15 is 0 Å². The second-order valence-corrected chi connectivity index (χ2v) is 11.0. The molecule has 1 aromatic heterocycles. The Bertz CT molecular complexity index is 2870. The number of aromatic nitrogens is 2. The SMILES string of the molecule is [2H]c1c([2H])c([2H])c2c(-c3c4ccccc4c(-c4ccccc4-n4c(-c5ccccc5)nc5ccccc54)c4ccccc34)c([2H])c([2H])c([2H])c2c1[2H]. The first kappa shape index (κ1) is 19.3. The van der Waals surface area contributed by atoms with Crippen molar-refractivity contribution in [1.82, 2.24) is 9.55 Å². The van der Waals surface area contributed by atoms with E-state index in [4.69, 9.17) is 13.2 Å². The van der Waals surface area contributed by atoms with Crippen molar-refractivity contribution >= 4 is 43.4 Å². The summed E-state index contributed by atoms with van der Waals surface area (Å²) in [5.74, 6) is 0.803. The van der Waals surface area contributed by atoms with Gasteiger partial charge in [0.05, 0.1) is 26.3 Å². The Balaban J connectivity index is 1.45. The Hall–Kier alpha value is -5.99. The topological polar surface area (TPSA) is 17.8 Å². The van der Waals surface area contributed by atoms with E-state index in [0.29, 0.717) is 5.56 Å². The van der Waals surface area contributed by atoms with E-state index in [2.05, 4.69) is 34.9 Å². The van der Waals surface area contributed by atoms with Crippen molar-refractivity contribution in [1.29, 1.82) is 0 Å². The van der Waals surface area contributed by atoms with Crippen LogP contribution in [0.25, 0.3) is 82.7 Å². The van der Waals surface area contributed by atoms with Gasteiger partial charge in [-0.2, -0.15) is 0 Å². The molecule has 2 nitrogen and oxygen atoms in total. The lowest BCUT2D eigenvalue weighted by atomic mass is 9.84. The smallest absolute Gasteiger partial charge is 0.145 e. The highest BCUT2D eigenvalue weighted by molar-refractivity contribution is 6.24. The highest BCUT2D eigenvalue weighted by atomic mass is 15.1. The minimum absolute atomic E-state index is 0.0648. The maximum Gasteiger partial charge on any atom is 0.145 e. The molecule has 9 aromatic rings. The zero-order chi connectivity index (χ0) is 35.8. The third-order valence-corrected chi connectivity index (χ3v) is 8.50. The van der Waals surface area contributed by atoms with E-state index in [-0.39, 0.29) is 28.4 Å². The zero-order valence-corrected chi connectivity index (χ0v) is 24.0. The summed E-state index contributed by atoms with van der Waals surface area (Å²) >= 11 is 0. The van der Waals surface area contributed by atoms with Crippen LogP contribution in [0.4, 0.5) is 0 Å². The first-order chi connectivity index (χ1) is 25.3. The number of benzene rings is 8. The fraction of sp³-hybridized carbons (Fsp3) is 0. The van der Waals surface area contributed by atoms with E-state index in [1.807, 2.05) is 97.1 Å². The lowest BCUT2D eigenvalue weighted by Gasteiger charge is -2.21. The number of nitrogens with zero attached hydrogens (tertiary/aromatic N) is 2. The third-order valence-electron chi connectivity index (χ3n) is 8.50. The van der Waals surface area contributed by atoms with Crippen LogP contribution in [-0.4, -0.2) is 9.55 Å². The Labute approximate surface area is 271 Å². The minimum atomic E-state index is -0.474. The molecule has 0 saturated heterocycles. The van der Waals surface area contributed by atoms with Gasteiger partial charge in [-0.3, -0.25) is 4.57 Å². The molecule has 2 heteroatoms. The molecule has 0 saturated carbocycles. The summed E-state index contributed by atoms with van der Waals surface area (Å²) in [6, 6.07) is 39.5. The van der Waals surface area contributed by atoms with Crippen molar-refractivity contribution in [2.75, 3.05) is 0 Å². The van der Waals surface area contributed by atoms with Gasteiger partial charge in [-0.25, -0.2) is 4.98 Å². The van der Waals surface area contributed by atoms with Crippen LogP contribution in [-0.2, 0) is 0 Å². The predicted octanol–water partition coefficient (Wildman–Crippen LogP) is 11.5. The molecule has 0 bridgehead atoms. The van der Waals surface area contributed by atoms with Crippen LogP contribution in [0.2, 0.25) is 0 Å². The molecule has 0 aliphatic rings. The lowest BCUT2D eigenvalue weighted by Crippen LogP contribution is -2.01. The average molecular weight is 580 g/mol. The van der Waals surface area contributed by atoms with Gasteiger partial charge in [0.1, 0.15) is 5.82 Å². The predicted molar refractivity (Wildman–Crippen MR) is 190 cm³/mol. The molecule has 0 radical (unpaired) electrons. The summed E-state index contributed by atoms with van der Waals surface area (Å²) in [5, 5.41) is 3.24. The zero-order valence-electron chi connectivity index (χ0n) is 31.0. The van der Waals surface area contributed by atoms with Crippen molar-refractivity contribution in [2.45, 2.75) is 0 Å². The van der Waals surface area contributed by atoms with Crippen molar-refractivity contribution in [3.8, 4) is 39.3 Å². The highest BCUT2D eigenvalue weighted by Gasteiger charge is 2.22. The number of fused-ring (bicyclic) bond motifs is 4. The summed E-state index contributed by atoms with van der Waals surface area (Å²) in [4.78, 5) is 5.10. The van der Waals surface area contributed by atoms with Crippen LogP contribution in [0.3, 0.4) is 0 Å². The molecule has 8 aromatic carbocycles. The lowest BCUT2D eigenvalue weighted by molar-refractivity contribution is 1.10. The van der Waals surface area contributed by atoms with E-state index < -0.39 is 30.2 Å². The van der Waals surface area contributed by atoms with Gasteiger partial charge >= 0.3 is 0 Å². The molecule has 0 aliphatic carbocycles. The molecule has 1 heterocycles. The van der Waals surface area contributed by atoms with E-state index in [1.165, 1.54) is 0 Å². The molecule has 0 N–H and O–H groups in total. The van der Waals surface area contributed by atoms with Crippen molar-refractivity contribution in [2.24, 2.45) is 0 Å². The number of hydrogen-bond acceptors (Lipinski definition) is 1. The molecule has 0 spiro atoms. The second-order valence-electron chi connectivity index (χ2n) is 11.0. The molecule has 45 heavy (non-hydrogen) atoms. The van der Waals surface area contributed by atoms with Crippen LogP contribution in [0.1, 0.15) is 9.60 Å². The summed E-state index contributed by atoms with van der Waals surface area (Å²) in [6.45, 7) is 0. The fourth-order valence-corrected chi connectivity index (χ4v) is 6.62. The molecule has 210 valence electrons. The fourth-order valence-electron chi connectivity index (χ4n) is 6.62. The van der Waals surface area contributed by atoms with Crippen LogP contribution >= 0.6 is 0 Å². The van der Waals surface area contributed by atoms with Gasteiger partial charge in [-0.05, 0) is 67.2 Å². The van der Waals surface area contributed by atoms with Gasteiger partial charge in [0.2, 0.25) is 0 Å². The van der Waals surface area contributed by atoms with E-state index in [0.717, 1.165) is 60.8 Å². The molecule has 9 rings (SSSR count). The largest absolute Gasteiger partial charge is 0.292 e. The molecule has 0 aliphatic heterocycles. The van der Waals surface area contributed by atoms with Crippen LogP contribution in [0.15, 0.2) is 170 Å². The molecule has 0 atom stereocenters. The van der Waals surface area contributed by atoms with E-state index in [9.17, 15) is 1.37 Å². The molecule has 0 fully saturated rings.